The lowest BCUT2D eigenvalue weighted by molar-refractivity contribution is -0.119. The maximum Gasteiger partial charge on any atom is 0.339 e. The summed E-state index contributed by atoms with van der Waals surface area (Å²) in [6.45, 7) is 3.46. The number of rotatable bonds is 5. The second kappa shape index (κ2) is 9.32. The molecule has 1 heterocycles. The number of benzene rings is 3. The van der Waals surface area contributed by atoms with E-state index in [2.05, 4.69) is 26.2 Å². The molecule has 1 amide bonds. The summed E-state index contributed by atoms with van der Waals surface area (Å²) < 4.78 is 6.34. The number of nitrogens with one attached hydrogen (secondary N) is 1. The van der Waals surface area contributed by atoms with Crippen LogP contribution in [0.3, 0.4) is 0 Å². The molecule has 0 aliphatic rings. The molecule has 0 bridgehead atoms. The summed E-state index contributed by atoms with van der Waals surface area (Å²) in [6, 6.07) is 22.5. The molecule has 0 unspecified atom stereocenters. The fourth-order valence-electron chi connectivity index (χ4n) is 3.41. The molecule has 0 aliphatic heterocycles. The molecule has 4 aromatic rings. The molecule has 0 fully saturated rings. The van der Waals surface area contributed by atoms with Crippen LogP contribution in [0.5, 0.6) is 0 Å². The summed E-state index contributed by atoms with van der Waals surface area (Å²) in [4.78, 5) is 30.0. The van der Waals surface area contributed by atoms with Gasteiger partial charge in [0, 0.05) is 21.1 Å². The molecule has 0 spiro atoms. The minimum Gasteiger partial charge on any atom is -0.452 e. The van der Waals surface area contributed by atoms with Gasteiger partial charge in [-0.1, -0.05) is 64.5 Å². The van der Waals surface area contributed by atoms with E-state index in [9.17, 15) is 9.59 Å². The van der Waals surface area contributed by atoms with Gasteiger partial charge in [0.15, 0.2) is 6.61 Å². The van der Waals surface area contributed by atoms with E-state index in [1.165, 1.54) is 0 Å². The number of fused-ring (bicyclic) bond motifs is 1. The van der Waals surface area contributed by atoms with E-state index in [1.807, 2.05) is 80.6 Å². The van der Waals surface area contributed by atoms with Gasteiger partial charge >= 0.3 is 5.97 Å². The molecule has 0 saturated carbocycles. The molecule has 3 aromatic carbocycles. The predicted octanol–water partition coefficient (Wildman–Crippen LogP) is 6.08. The Morgan fingerprint density at radius 3 is 2.44 bits per heavy atom. The van der Waals surface area contributed by atoms with Gasteiger partial charge in [-0.05, 0) is 49.2 Å². The van der Waals surface area contributed by atoms with Gasteiger partial charge in [-0.2, -0.15) is 0 Å². The third-order valence-corrected chi connectivity index (χ3v) is 5.97. The molecule has 1 aromatic heterocycles. The molecule has 6 heteroatoms. The molecule has 1 N–H and O–H groups in total. The standard InChI is InChI=1S/C26H21BrN2O3/c1-16-13-23(17(2)12-21(16)27)29-25(30)15-32-26(31)20-14-24(18-8-4-3-5-9-18)28-22-11-7-6-10-19(20)22/h3-14H,15H2,1-2H3,(H,29,30). The van der Waals surface area contributed by atoms with E-state index in [1.54, 1.807) is 6.07 Å². The van der Waals surface area contributed by atoms with Crippen LogP contribution >= 0.6 is 15.9 Å². The number of carbonyl (C=O) groups excluding carboxylic acids is 2. The van der Waals surface area contributed by atoms with E-state index in [0.29, 0.717) is 27.8 Å². The van der Waals surface area contributed by atoms with E-state index >= 15 is 0 Å². The van der Waals surface area contributed by atoms with Crippen LogP contribution in [0.25, 0.3) is 22.2 Å². The molecule has 4 rings (SSSR count). The van der Waals surface area contributed by atoms with Crippen molar-refractivity contribution in [1.29, 1.82) is 0 Å². The number of aryl methyl sites for hydroxylation is 2. The second-order valence-corrected chi connectivity index (χ2v) is 8.33. The molecule has 5 nitrogen and oxygen atoms in total. The number of halogens is 1. The van der Waals surface area contributed by atoms with Gasteiger partial charge in [0.2, 0.25) is 0 Å². The first-order chi connectivity index (χ1) is 15.4. The zero-order chi connectivity index (χ0) is 22.7. The summed E-state index contributed by atoms with van der Waals surface area (Å²) in [5, 5.41) is 3.49. The SMILES string of the molecule is Cc1cc(NC(=O)COC(=O)c2cc(-c3ccccc3)nc3ccccc23)c(C)cc1Br. The second-order valence-electron chi connectivity index (χ2n) is 7.48. The third kappa shape index (κ3) is 4.70. The Kier molecular flexibility index (Phi) is 6.32. The third-order valence-electron chi connectivity index (χ3n) is 5.12. The first-order valence-electron chi connectivity index (χ1n) is 10.1. The van der Waals surface area contributed by atoms with Crippen molar-refractivity contribution in [2.45, 2.75) is 13.8 Å². The van der Waals surface area contributed by atoms with Crippen LogP contribution in [-0.4, -0.2) is 23.5 Å². The van der Waals surface area contributed by atoms with Gasteiger partial charge in [0.05, 0.1) is 16.8 Å². The van der Waals surface area contributed by atoms with Gasteiger partial charge in [-0.3, -0.25) is 4.79 Å². The summed E-state index contributed by atoms with van der Waals surface area (Å²) in [6.07, 6.45) is 0. The number of esters is 1. The first kappa shape index (κ1) is 21.7. The first-order valence-corrected chi connectivity index (χ1v) is 10.9. The average Bonchev–Trinajstić information content (AvgIpc) is 2.81. The van der Waals surface area contributed by atoms with Gasteiger partial charge < -0.3 is 10.1 Å². The number of hydrogen-bond donors (Lipinski definition) is 1. The fraction of sp³-hybridized carbons (Fsp3) is 0.115. The number of pyridine rings is 1. The molecule has 0 aliphatic carbocycles. The highest BCUT2D eigenvalue weighted by atomic mass is 79.9. The fourth-order valence-corrected chi connectivity index (χ4v) is 3.87. The monoisotopic (exact) mass is 488 g/mol. The predicted molar refractivity (Wildman–Crippen MR) is 130 cm³/mol. The topological polar surface area (TPSA) is 68.3 Å². The largest absolute Gasteiger partial charge is 0.452 e. The number of anilines is 1. The zero-order valence-electron chi connectivity index (χ0n) is 17.7. The Bertz CT molecular complexity index is 1320. The minimum absolute atomic E-state index is 0.373. The summed E-state index contributed by atoms with van der Waals surface area (Å²) in [7, 11) is 0. The van der Waals surface area contributed by atoms with Crippen LogP contribution in [0, 0.1) is 13.8 Å². The molecular weight excluding hydrogens is 468 g/mol. The Balaban J connectivity index is 1.55. The summed E-state index contributed by atoms with van der Waals surface area (Å²) in [5.74, 6) is -0.968. The normalized spacial score (nSPS) is 10.7. The van der Waals surface area contributed by atoms with Gasteiger partial charge in [-0.25, -0.2) is 9.78 Å². The van der Waals surface area contributed by atoms with E-state index in [0.717, 1.165) is 21.2 Å². The lowest BCUT2D eigenvalue weighted by Gasteiger charge is -2.12. The lowest BCUT2D eigenvalue weighted by atomic mass is 10.0. The van der Waals surface area contributed by atoms with E-state index < -0.39 is 11.9 Å². The number of ether oxygens (including phenoxy) is 1. The van der Waals surface area contributed by atoms with Crippen molar-refractivity contribution in [1.82, 2.24) is 4.98 Å². The quantitative estimate of drug-likeness (QED) is 0.345. The van der Waals surface area contributed by atoms with Crippen LogP contribution in [0.1, 0.15) is 21.5 Å². The van der Waals surface area contributed by atoms with Crippen LogP contribution in [-0.2, 0) is 9.53 Å². The van der Waals surface area contributed by atoms with Crippen molar-refractivity contribution in [3.63, 3.8) is 0 Å². The highest BCUT2D eigenvalue weighted by Crippen LogP contribution is 2.26. The number of hydrogen-bond acceptors (Lipinski definition) is 4. The number of nitrogens with zero attached hydrogens (tertiary/aromatic N) is 1. The number of amides is 1. The van der Waals surface area contributed by atoms with Crippen molar-refractivity contribution < 1.29 is 14.3 Å². The summed E-state index contributed by atoms with van der Waals surface area (Å²) >= 11 is 3.48. The minimum atomic E-state index is -0.570. The average molecular weight is 489 g/mol. The van der Waals surface area contributed by atoms with Crippen LogP contribution < -0.4 is 5.32 Å². The molecule has 0 radical (unpaired) electrons. The molecule has 32 heavy (non-hydrogen) atoms. The number of carbonyl (C=O) groups is 2. The smallest absolute Gasteiger partial charge is 0.339 e. The van der Waals surface area contributed by atoms with Crippen molar-refractivity contribution in [3.8, 4) is 11.3 Å². The zero-order valence-corrected chi connectivity index (χ0v) is 19.3. The van der Waals surface area contributed by atoms with Crippen molar-refractivity contribution >= 4 is 44.4 Å². The number of para-hydroxylation sites is 1. The Morgan fingerprint density at radius 2 is 1.66 bits per heavy atom. The summed E-state index contributed by atoms with van der Waals surface area (Å²) in [5.41, 5.74) is 5.22. The van der Waals surface area contributed by atoms with Gasteiger partial charge in [0.1, 0.15) is 0 Å². The maximum absolute atomic E-state index is 12.9. The van der Waals surface area contributed by atoms with Crippen molar-refractivity contribution in [2.75, 3.05) is 11.9 Å². The lowest BCUT2D eigenvalue weighted by Crippen LogP contribution is -2.21. The Hall–Kier alpha value is -3.51. The van der Waals surface area contributed by atoms with Crippen LogP contribution in [0.2, 0.25) is 0 Å². The molecule has 160 valence electrons. The van der Waals surface area contributed by atoms with Crippen LogP contribution in [0.15, 0.2) is 77.3 Å². The van der Waals surface area contributed by atoms with Crippen molar-refractivity contribution in [2.24, 2.45) is 0 Å². The molecule has 0 saturated heterocycles. The highest BCUT2D eigenvalue weighted by Gasteiger charge is 2.17. The number of aromatic nitrogens is 1. The Morgan fingerprint density at radius 1 is 0.938 bits per heavy atom. The maximum atomic E-state index is 12.9. The van der Waals surface area contributed by atoms with E-state index in [4.69, 9.17) is 4.74 Å². The van der Waals surface area contributed by atoms with Gasteiger partial charge in [0.25, 0.3) is 5.91 Å². The Labute approximate surface area is 194 Å². The molecule has 0 atom stereocenters. The highest BCUT2D eigenvalue weighted by molar-refractivity contribution is 9.10. The molecular formula is C26H21BrN2O3. The van der Waals surface area contributed by atoms with Crippen molar-refractivity contribution in [3.05, 3.63) is 94.0 Å². The van der Waals surface area contributed by atoms with Gasteiger partial charge in [-0.15, -0.1) is 0 Å². The van der Waals surface area contributed by atoms with E-state index in [-0.39, 0.29) is 6.61 Å². The van der Waals surface area contributed by atoms with Crippen LogP contribution in [0.4, 0.5) is 5.69 Å².